The summed E-state index contributed by atoms with van der Waals surface area (Å²) in [7, 11) is 0. The van der Waals surface area contributed by atoms with E-state index in [-0.39, 0.29) is 30.3 Å². The molecule has 0 radical (unpaired) electrons. The van der Waals surface area contributed by atoms with Crippen LogP contribution in [0, 0.1) is 5.92 Å². The van der Waals surface area contributed by atoms with Gasteiger partial charge >= 0.3 is 0 Å². The van der Waals surface area contributed by atoms with Crippen molar-refractivity contribution in [2.24, 2.45) is 11.7 Å². The molecule has 1 spiro atoms. The van der Waals surface area contributed by atoms with Crippen LogP contribution in [-0.4, -0.2) is 54.7 Å². The molecular weight excluding hydrogens is 442 g/mol. The molecule has 1 aliphatic carbocycles. The Hall–Kier alpha value is -2.58. The maximum Gasteiger partial charge on any atom is 0.240 e. The zero-order chi connectivity index (χ0) is 25.1. The number of carbonyl (C=O) groups excluding carboxylic acids is 2. The number of amides is 1. The Kier molecular flexibility index (Phi) is 7.71. The molecule has 2 aliphatic rings. The summed E-state index contributed by atoms with van der Waals surface area (Å²) in [5.41, 5.74) is 7.69. The van der Waals surface area contributed by atoms with Crippen molar-refractivity contribution in [2.45, 2.75) is 56.2 Å². The van der Waals surface area contributed by atoms with E-state index in [4.69, 9.17) is 10.5 Å². The molecule has 2 unspecified atom stereocenters. The number of nitrogens with two attached hydrogens (primary N) is 1. The number of ether oxygens (including phenoxy) is 1. The molecule has 2 aromatic carbocycles. The van der Waals surface area contributed by atoms with Gasteiger partial charge in [-0.1, -0.05) is 54.6 Å². The molecule has 1 fully saturated rings. The maximum absolute atomic E-state index is 14.3. The summed E-state index contributed by atoms with van der Waals surface area (Å²) in [5.74, 6) is -1.29. The second-order valence-electron chi connectivity index (χ2n) is 10.4. The normalized spacial score (nSPS) is 21.9. The highest BCUT2D eigenvalue weighted by atomic mass is 16.5. The Morgan fingerprint density at radius 1 is 1.14 bits per heavy atom. The topological polar surface area (TPSA) is 114 Å². The number of benzene rings is 2. The minimum Gasteiger partial charge on any atom is -0.396 e. The van der Waals surface area contributed by atoms with Crippen LogP contribution in [0.3, 0.4) is 0 Å². The SMILES string of the molecule is CC(C)(N)C(=O)N[C@H](COCc1ccccc1)C(=O)C1C(CO)c2ccccc2C12CCNCC2. The average Bonchev–Trinajstić information content (AvgIpc) is 3.12. The zero-order valence-electron chi connectivity index (χ0n) is 20.6. The molecule has 5 N–H and O–H groups in total. The van der Waals surface area contributed by atoms with Crippen LogP contribution in [0.1, 0.15) is 49.3 Å². The summed E-state index contributed by atoms with van der Waals surface area (Å²) >= 11 is 0. The fourth-order valence-electron chi connectivity index (χ4n) is 5.76. The van der Waals surface area contributed by atoms with Crippen molar-refractivity contribution in [3.8, 4) is 0 Å². The van der Waals surface area contributed by atoms with E-state index in [0.29, 0.717) is 6.61 Å². The first kappa shape index (κ1) is 25.5. The van der Waals surface area contributed by atoms with Crippen molar-refractivity contribution in [1.82, 2.24) is 10.6 Å². The van der Waals surface area contributed by atoms with Gasteiger partial charge in [0.1, 0.15) is 6.04 Å². The van der Waals surface area contributed by atoms with Gasteiger partial charge in [0.15, 0.2) is 5.78 Å². The molecule has 188 valence electrons. The van der Waals surface area contributed by atoms with Gasteiger partial charge in [0.2, 0.25) is 5.91 Å². The second-order valence-corrected chi connectivity index (χ2v) is 10.4. The molecule has 0 aromatic heterocycles. The molecule has 0 saturated carbocycles. The van der Waals surface area contributed by atoms with Gasteiger partial charge in [0, 0.05) is 17.3 Å². The predicted molar refractivity (Wildman–Crippen MR) is 135 cm³/mol. The molecule has 35 heavy (non-hydrogen) atoms. The third kappa shape index (κ3) is 5.19. The number of Topliss-reactive ketones (excluding diaryl/α,β-unsaturated/α-hetero) is 1. The lowest BCUT2D eigenvalue weighted by Gasteiger charge is -2.42. The molecule has 2 aromatic rings. The Labute approximate surface area is 207 Å². The summed E-state index contributed by atoms with van der Waals surface area (Å²) in [5, 5.41) is 16.7. The van der Waals surface area contributed by atoms with Crippen LogP contribution in [0.4, 0.5) is 0 Å². The van der Waals surface area contributed by atoms with Crippen LogP contribution in [0.5, 0.6) is 0 Å². The highest BCUT2D eigenvalue weighted by molar-refractivity contribution is 5.95. The largest absolute Gasteiger partial charge is 0.396 e. The molecular formula is C28H37N3O4. The van der Waals surface area contributed by atoms with Crippen LogP contribution in [0.2, 0.25) is 0 Å². The lowest BCUT2D eigenvalue weighted by molar-refractivity contribution is -0.136. The average molecular weight is 480 g/mol. The van der Waals surface area contributed by atoms with Crippen molar-refractivity contribution in [2.75, 3.05) is 26.3 Å². The smallest absolute Gasteiger partial charge is 0.240 e. The summed E-state index contributed by atoms with van der Waals surface area (Å²) in [6.07, 6.45) is 1.59. The van der Waals surface area contributed by atoms with Crippen molar-refractivity contribution in [3.63, 3.8) is 0 Å². The Bertz CT molecular complexity index is 1030. The van der Waals surface area contributed by atoms with Gasteiger partial charge in [-0.2, -0.15) is 0 Å². The van der Waals surface area contributed by atoms with Gasteiger partial charge in [-0.3, -0.25) is 9.59 Å². The summed E-state index contributed by atoms with van der Waals surface area (Å²) in [4.78, 5) is 27.2. The predicted octanol–water partition coefficient (Wildman–Crippen LogP) is 2.02. The van der Waals surface area contributed by atoms with Crippen LogP contribution in [-0.2, 0) is 26.3 Å². The van der Waals surface area contributed by atoms with E-state index in [2.05, 4.69) is 16.7 Å². The molecule has 4 rings (SSSR count). The van der Waals surface area contributed by atoms with Gasteiger partial charge in [-0.15, -0.1) is 0 Å². The van der Waals surface area contributed by atoms with Crippen LogP contribution >= 0.6 is 0 Å². The van der Waals surface area contributed by atoms with Crippen LogP contribution in [0.25, 0.3) is 0 Å². The van der Waals surface area contributed by atoms with Crippen molar-refractivity contribution < 1.29 is 19.4 Å². The number of nitrogens with one attached hydrogen (secondary N) is 2. The van der Waals surface area contributed by atoms with E-state index in [1.807, 2.05) is 48.5 Å². The van der Waals surface area contributed by atoms with Crippen LogP contribution in [0.15, 0.2) is 54.6 Å². The summed E-state index contributed by atoms with van der Waals surface area (Å²) in [6.45, 7) is 5.07. The number of aliphatic hydroxyl groups excluding tert-OH is 1. The van der Waals surface area contributed by atoms with E-state index in [0.717, 1.165) is 42.6 Å². The van der Waals surface area contributed by atoms with Crippen molar-refractivity contribution in [3.05, 3.63) is 71.3 Å². The van der Waals surface area contributed by atoms with E-state index < -0.39 is 23.4 Å². The molecule has 3 atom stereocenters. The maximum atomic E-state index is 14.3. The first-order chi connectivity index (χ1) is 16.8. The van der Waals surface area contributed by atoms with E-state index >= 15 is 0 Å². The van der Waals surface area contributed by atoms with Crippen molar-refractivity contribution >= 4 is 11.7 Å². The summed E-state index contributed by atoms with van der Waals surface area (Å²) < 4.78 is 5.95. The first-order valence-corrected chi connectivity index (χ1v) is 12.4. The molecule has 1 saturated heterocycles. The number of fused-ring (bicyclic) bond motifs is 2. The number of hydrogen-bond acceptors (Lipinski definition) is 6. The number of carbonyl (C=O) groups is 2. The summed E-state index contributed by atoms with van der Waals surface area (Å²) in [6, 6.07) is 16.9. The van der Waals surface area contributed by atoms with E-state index in [9.17, 15) is 14.7 Å². The quantitative estimate of drug-likeness (QED) is 0.438. The zero-order valence-corrected chi connectivity index (χ0v) is 20.6. The Balaban J connectivity index is 1.64. The number of hydrogen-bond donors (Lipinski definition) is 4. The molecule has 1 heterocycles. The third-order valence-electron chi connectivity index (χ3n) is 7.52. The number of aliphatic hydroxyl groups is 1. The minimum absolute atomic E-state index is 0.0366. The van der Waals surface area contributed by atoms with Gasteiger partial charge < -0.3 is 26.2 Å². The van der Waals surface area contributed by atoms with Crippen molar-refractivity contribution in [1.29, 1.82) is 0 Å². The Morgan fingerprint density at radius 3 is 2.46 bits per heavy atom. The number of piperidine rings is 1. The lowest BCUT2D eigenvalue weighted by atomic mass is 9.64. The van der Waals surface area contributed by atoms with Gasteiger partial charge in [-0.05, 0) is 56.5 Å². The molecule has 1 aliphatic heterocycles. The third-order valence-corrected chi connectivity index (χ3v) is 7.52. The molecule has 0 bridgehead atoms. The van der Waals surface area contributed by atoms with E-state index in [1.165, 1.54) is 0 Å². The highest BCUT2D eigenvalue weighted by Crippen LogP contribution is 2.55. The Morgan fingerprint density at radius 2 is 1.80 bits per heavy atom. The minimum atomic E-state index is -1.14. The van der Waals surface area contributed by atoms with Gasteiger partial charge in [-0.25, -0.2) is 0 Å². The van der Waals surface area contributed by atoms with Crippen LogP contribution < -0.4 is 16.4 Å². The second kappa shape index (κ2) is 10.6. The van der Waals surface area contributed by atoms with Gasteiger partial charge in [0.25, 0.3) is 0 Å². The highest BCUT2D eigenvalue weighted by Gasteiger charge is 2.56. The monoisotopic (exact) mass is 479 g/mol. The molecule has 1 amide bonds. The fourth-order valence-corrected chi connectivity index (χ4v) is 5.76. The molecule has 7 nitrogen and oxygen atoms in total. The van der Waals surface area contributed by atoms with E-state index in [1.54, 1.807) is 13.8 Å². The number of rotatable bonds is 9. The first-order valence-electron chi connectivity index (χ1n) is 12.4. The standard InChI is InChI=1S/C28H37N3O4/c1-27(2,29)26(34)31-23(18-35-17-19-8-4-3-5-9-19)25(33)24-21(16-32)20-10-6-7-11-22(20)28(24)12-14-30-15-13-28/h3-11,21,23-24,30,32H,12-18,29H2,1-2H3,(H,31,34)/t21?,23-,24?/m1/s1. The van der Waals surface area contributed by atoms with Gasteiger partial charge in [0.05, 0.1) is 25.4 Å². The lowest BCUT2D eigenvalue weighted by Crippen LogP contribution is -2.58. The molecule has 7 heteroatoms. The fraction of sp³-hybridized carbons (Fsp3) is 0.500. The number of ketones is 1.